The minimum atomic E-state index is -2.90. The summed E-state index contributed by atoms with van der Waals surface area (Å²) < 4.78 is 31.6. The van der Waals surface area contributed by atoms with Gasteiger partial charge in [0, 0.05) is 19.8 Å². The number of methoxy groups -OCH3 is 1. The number of alkyl halides is 2. The van der Waals surface area contributed by atoms with Crippen molar-refractivity contribution in [1.82, 2.24) is 0 Å². The largest absolute Gasteiger partial charge is 0.400 e. The van der Waals surface area contributed by atoms with Crippen LogP contribution in [0.15, 0.2) is 35.9 Å². The summed E-state index contributed by atoms with van der Waals surface area (Å²) in [5, 5.41) is 7.00. The number of benzene rings is 1. The van der Waals surface area contributed by atoms with Gasteiger partial charge in [0.15, 0.2) is 0 Å². The van der Waals surface area contributed by atoms with E-state index in [4.69, 9.17) is 5.11 Å². The van der Waals surface area contributed by atoms with Crippen molar-refractivity contribution < 1.29 is 18.6 Å². The lowest BCUT2D eigenvalue weighted by Gasteiger charge is -2.17. The van der Waals surface area contributed by atoms with Crippen molar-refractivity contribution >= 4 is 0 Å². The molecule has 1 N–H and O–H groups in total. The van der Waals surface area contributed by atoms with Gasteiger partial charge in [-0.3, -0.25) is 0 Å². The molecule has 1 aliphatic rings. The zero-order chi connectivity index (χ0) is 15.0. The molecule has 0 spiro atoms. The maximum absolute atomic E-state index is 13.5. The van der Waals surface area contributed by atoms with Crippen LogP contribution in [0, 0.1) is 0 Å². The number of hydrogen-bond acceptors (Lipinski definition) is 2. The average Bonchev–Trinajstić information content (AvgIpc) is 2.40. The third kappa shape index (κ3) is 4.69. The Kier molecular flexibility index (Phi) is 6.82. The topological polar surface area (TPSA) is 29.5 Å². The van der Waals surface area contributed by atoms with E-state index in [9.17, 15) is 8.78 Å². The molecule has 1 aromatic carbocycles. The van der Waals surface area contributed by atoms with Gasteiger partial charge < -0.3 is 9.84 Å². The molecule has 1 aliphatic carbocycles. The standard InChI is InChI=1S/C15H18F2O.CH4O/c1-18-11-15(16,17)14-9-7-13(8-10-14)6-5-12-3-2-4-12;1-2/h5,7-10H,2-4,6,11H2,1H3;2H,1H3. The third-order valence-electron chi connectivity index (χ3n) is 3.32. The van der Waals surface area contributed by atoms with Gasteiger partial charge in [0.25, 0.3) is 5.92 Å². The summed E-state index contributed by atoms with van der Waals surface area (Å²) in [4.78, 5) is 0. The molecule has 0 radical (unpaired) electrons. The van der Waals surface area contributed by atoms with Gasteiger partial charge in [-0.05, 0) is 31.2 Å². The van der Waals surface area contributed by atoms with Gasteiger partial charge in [-0.25, -0.2) is 0 Å². The van der Waals surface area contributed by atoms with Crippen LogP contribution in [0.1, 0.15) is 30.4 Å². The monoisotopic (exact) mass is 284 g/mol. The van der Waals surface area contributed by atoms with Crippen LogP contribution in [0.25, 0.3) is 0 Å². The van der Waals surface area contributed by atoms with E-state index in [0.717, 1.165) is 19.1 Å². The quantitative estimate of drug-likeness (QED) is 0.836. The first-order chi connectivity index (χ1) is 9.62. The van der Waals surface area contributed by atoms with E-state index in [2.05, 4.69) is 10.8 Å². The van der Waals surface area contributed by atoms with Gasteiger partial charge in [0.05, 0.1) is 0 Å². The van der Waals surface area contributed by atoms with Crippen LogP contribution in [0.5, 0.6) is 0 Å². The van der Waals surface area contributed by atoms with E-state index in [1.807, 2.05) is 0 Å². The molecule has 1 saturated carbocycles. The average molecular weight is 284 g/mol. The molecule has 0 heterocycles. The highest BCUT2D eigenvalue weighted by atomic mass is 19.3. The highest BCUT2D eigenvalue weighted by Crippen LogP contribution is 2.29. The Morgan fingerprint density at radius 2 is 1.80 bits per heavy atom. The van der Waals surface area contributed by atoms with Crippen molar-refractivity contribution in [1.29, 1.82) is 0 Å². The van der Waals surface area contributed by atoms with Gasteiger partial charge in [0.2, 0.25) is 0 Å². The van der Waals surface area contributed by atoms with E-state index >= 15 is 0 Å². The lowest BCUT2D eigenvalue weighted by Crippen LogP contribution is -2.19. The summed E-state index contributed by atoms with van der Waals surface area (Å²) in [5.41, 5.74) is 2.58. The first-order valence-corrected chi connectivity index (χ1v) is 6.70. The maximum Gasteiger partial charge on any atom is 0.296 e. The smallest absolute Gasteiger partial charge is 0.296 e. The van der Waals surface area contributed by atoms with Crippen LogP contribution >= 0.6 is 0 Å². The SMILES string of the molecule is CO.COCC(F)(F)c1ccc(CC=C2CCC2)cc1. The summed E-state index contributed by atoms with van der Waals surface area (Å²) in [6.45, 7) is -0.573. The molecule has 0 aromatic heterocycles. The summed E-state index contributed by atoms with van der Waals surface area (Å²) in [7, 11) is 2.28. The van der Waals surface area contributed by atoms with E-state index in [1.54, 1.807) is 12.1 Å². The summed E-state index contributed by atoms with van der Waals surface area (Å²) >= 11 is 0. The molecule has 0 bridgehead atoms. The molecule has 20 heavy (non-hydrogen) atoms. The second kappa shape index (κ2) is 8.12. The molecule has 0 aliphatic heterocycles. The molecule has 1 fully saturated rings. The van der Waals surface area contributed by atoms with Crippen LogP contribution in [-0.2, 0) is 17.1 Å². The molecule has 0 amide bonds. The van der Waals surface area contributed by atoms with Gasteiger partial charge in [-0.2, -0.15) is 8.78 Å². The van der Waals surface area contributed by atoms with Gasteiger partial charge >= 0.3 is 0 Å². The number of rotatable bonds is 5. The maximum atomic E-state index is 13.5. The minimum absolute atomic E-state index is 0.0180. The second-order valence-electron chi connectivity index (χ2n) is 4.75. The Morgan fingerprint density at radius 1 is 1.20 bits per heavy atom. The highest BCUT2D eigenvalue weighted by Gasteiger charge is 2.31. The van der Waals surface area contributed by atoms with Crippen LogP contribution in [0.2, 0.25) is 0 Å². The normalized spacial score (nSPS) is 14.2. The van der Waals surface area contributed by atoms with E-state index in [0.29, 0.717) is 0 Å². The zero-order valence-electron chi connectivity index (χ0n) is 12.0. The Balaban J connectivity index is 0.000000956. The van der Waals surface area contributed by atoms with Crippen molar-refractivity contribution in [2.45, 2.75) is 31.6 Å². The van der Waals surface area contributed by atoms with Crippen molar-refractivity contribution in [3.05, 3.63) is 47.0 Å². The Morgan fingerprint density at radius 3 is 2.25 bits per heavy atom. The number of allylic oxidation sites excluding steroid dienone is 2. The third-order valence-corrected chi connectivity index (χ3v) is 3.32. The van der Waals surface area contributed by atoms with E-state index in [1.165, 1.54) is 44.1 Å². The number of ether oxygens (including phenoxy) is 1. The molecular formula is C16H22F2O2. The number of aliphatic hydroxyl groups is 1. The number of halogens is 2. The van der Waals surface area contributed by atoms with E-state index in [-0.39, 0.29) is 5.56 Å². The zero-order valence-corrected chi connectivity index (χ0v) is 12.0. The van der Waals surface area contributed by atoms with Crippen LogP contribution in [0.4, 0.5) is 8.78 Å². The van der Waals surface area contributed by atoms with E-state index < -0.39 is 12.5 Å². The molecule has 4 heteroatoms. The van der Waals surface area contributed by atoms with Gasteiger partial charge in [-0.1, -0.05) is 35.9 Å². The number of hydrogen-bond donors (Lipinski definition) is 1. The first kappa shape index (κ1) is 16.8. The molecule has 2 nitrogen and oxygen atoms in total. The molecule has 1 aromatic rings. The van der Waals surface area contributed by atoms with Gasteiger partial charge in [-0.15, -0.1) is 0 Å². The molecule has 0 saturated heterocycles. The predicted octanol–water partition coefficient (Wildman–Crippen LogP) is 3.69. The fraction of sp³-hybridized carbons (Fsp3) is 0.500. The second-order valence-corrected chi connectivity index (χ2v) is 4.75. The lowest BCUT2D eigenvalue weighted by atomic mass is 9.91. The van der Waals surface area contributed by atoms with Crippen molar-refractivity contribution in [2.24, 2.45) is 0 Å². The summed E-state index contributed by atoms with van der Waals surface area (Å²) in [6, 6.07) is 6.53. The molecule has 112 valence electrons. The van der Waals surface area contributed by atoms with Crippen LogP contribution in [0.3, 0.4) is 0 Å². The van der Waals surface area contributed by atoms with Gasteiger partial charge in [0.1, 0.15) is 6.61 Å². The summed E-state index contributed by atoms with van der Waals surface area (Å²) in [5.74, 6) is -2.90. The van der Waals surface area contributed by atoms with Crippen molar-refractivity contribution in [3.63, 3.8) is 0 Å². The molecular weight excluding hydrogens is 262 g/mol. The fourth-order valence-corrected chi connectivity index (χ4v) is 2.00. The van der Waals surface area contributed by atoms with Crippen molar-refractivity contribution in [2.75, 3.05) is 20.8 Å². The van der Waals surface area contributed by atoms with Crippen LogP contribution in [-0.4, -0.2) is 25.9 Å². The Labute approximate surface area is 119 Å². The highest BCUT2D eigenvalue weighted by molar-refractivity contribution is 5.28. The van der Waals surface area contributed by atoms with Crippen LogP contribution < -0.4 is 0 Å². The fourth-order valence-electron chi connectivity index (χ4n) is 2.00. The summed E-state index contributed by atoms with van der Waals surface area (Å²) in [6.07, 6.45) is 6.74. The number of aliphatic hydroxyl groups excluding tert-OH is 1. The Bertz CT molecular complexity index is 419. The Hall–Kier alpha value is -1.26. The first-order valence-electron chi connectivity index (χ1n) is 6.70. The lowest BCUT2D eigenvalue weighted by molar-refractivity contribution is -0.0697. The minimum Gasteiger partial charge on any atom is -0.400 e. The molecule has 2 rings (SSSR count). The van der Waals surface area contributed by atoms with Crippen molar-refractivity contribution in [3.8, 4) is 0 Å². The molecule has 0 atom stereocenters. The molecule has 0 unspecified atom stereocenters. The predicted molar refractivity (Wildman–Crippen MR) is 76.0 cm³/mol.